The number of esters is 2. The molecule has 7 heteroatoms. The van der Waals surface area contributed by atoms with E-state index in [9.17, 15) is 9.59 Å². The van der Waals surface area contributed by atoms with Crippen LogP contribution >= 0.6 is 23.5 Å². The number of carbonyl (C=O) groups excluding carboxylic acids is 2. The fraction of sp³-hybridized carbons (Fsp3) is 0.294. The van der Waals surface area contributed by atoms with Crippen molar-refractivity contribution in [1.29, 1.82) is 0 Å². The van der Waals surface area contributed by atoms with E-state index in [1.165, 1.54) is 30.4 Å². The van der Waals surface area contributed by atoms with Crippen LogP contribution in [0, 0.1) is 12.3 Å². The SMILES string of the molecule is C#CCOc1ccccc1C1(C)OC(=O)C(=C2SCCS2)C(=O)O1. The van der Waals surface area contributed by atoms with E-state index in [0.717, 1.165) is 11.5 Å². The number of hydrogen-bond acceptors (Lipinski definition) is 7. The fourth-order valence-electron chi connectivity index (χ4n) is 2.38. The van der Waals surface area contributed by atoms with Gasteiger partial charge < -0.3 is 14.2 Å². The van der Waals surface area contributed by atoms with Crippen LogP contribution in [0.1, 0.15) is 12.5 Å². The zero-order chi connectivity index (χ0) is 17.2. The highest BCUT2D eigenvalue weighted by Crippen LogP contribution is 2.44. The van der Waals surface area contributed by atoms with Gasteiger partial charge in [-0.2, -0.15) is 0 Å². The van der Waals surface area contributed by atoms with Crippen molar-refractivity contribution in [3.63, 3.8) is 0 Å². The summed E-state index contributed by atoms with van der Waals surface area (Å²) in [5.41, 5.74) is 0.403. The van der Waals surface area contributed by atoms with Crippen LogP contribution in [-0.4, -0.2) is 30.1 Å². The second-order valence-corrected chi connectivity index (χ2v) is 7.54. The lowest BCUT2D eigenvalue weighted by molar-refractivity contribution is -0.234. The average Bonchev–Trinajstić information content (AvgIpc) is 3.06. The predicted molar refractivity (Wildman–Crippen MR) is 92.2 cm³/mol. The molecular weight excluding hydrogens is 348 g/mol. The van der Waals surface area contributed by atoms with E-state index < -0.39 is 17.7 Å². The van der Waals surface area contributed by atoms with E-state index in [2.05, 4.69) is 5.92 Å². The molecule has 0 bridgehead atoms. The lowest BCUT2D eigenvalue weighted by Crippen LogP contribution is -2.42. The minimum atomic E-state index is -1.56. The fourth-order valence-corrected chi connectivity index (χ4v) is 4.87. The van der Waals surface area contributed by atoms with Gasteiger partial charge in [0.2, 0.25) is 0 Å². The first-order valence-corrected chi connectivity index (χ1v) is 9.14. The van der Waals surface area contributed by atoms with Crippen LogP contribution in [0.4, 0.5) is 0 Å². The molecule has 0 unspecified atom stereocenters. The second kappa shape index (κ2) is 6.83. The molecule has 2 heterocycles. The zero-order valence-electron chi connectivity index (χ0n) is 12.9. The number of hydrogen-bond donors (Lipinski definition) is 0. The van der Waals surface area contributed by atoms with Gasteiger partial charge in [0.05, 0.1) is 9.80 Å². The van der Waals surface area contributed by atoms with E-state index in [1.54, 1.807) is 24.3 Å². The Morgan fingerprint density at radius 2 is 1.83 bits per heavy atom. The minimum absolute atomic E-state index is 0.0259. The van der Waals surface area contributed by atoms with Crippen molar-refractivity contribution >= 4 is 35.5 Å². The van der Waals surface area contributed by atoms with Crippen molar-refractivity contribution in [2.24, 2.45) is 0 Å². The molecule has 2 saturated heterocycles. The number of terminal acetylenes is 1. The third-order valence-electron chi connectivity index (χ3n) is 3.42. The summed E-state index contributed by atoms with van der Waals surface area (Å²) >= 11 is 2.92. The van der Waals surface area contributed by atoms with Gasteiger partial charge in [-0.1, -0.05) is 18.1 Å². The Balaban J connectivity index is 1.94. The van der Waals surface area contributed by atoms with Gasteiger partial charge in [0, 0.05) is 18.4 Å². The van der Waals surface area contributed by atoms with E-state index in [1.807, 2.05) is 0 Å². The summed E-state index contributed by atoms with van der Waals surface area (Å²) in [5.74, 6) is 1.55. The van der Waals surface area contributed by atoms with Gasteiger partial charge in [-0.25, -0.2) is 9.59 Å². The first-order valence-electron chi connectivity index (χ1n) is 7.17. The molecule has 0 radical (unpaired) electrons. The molecule has 0 N–H and O–H groups in total. The monoisotopic (exact) mass is 362 g/mol. The second-order valence-electron chi connectivity index (χ2n) is 5.07. The summed E-state index contributed by atoms with van der Waals surface area (Å²) in [4.78, 5) is 24.9. The van der Waals surface area contributed by atoms with Crippen molar-refractivity contribution in [2.75, 3.05) is 18.1 Å². The lowest BCUT2D eigenvalue weighted by Gasteiger charge is -2.34. The summed E-state index contributed by atoms with van der Waals surface area (Å²) in [7, 11) is 0. The van der Waals surface area contributed by atoms with Gasteiger partial charge in [0.25, 0.3) is 5.79 Å². The summed E-state index contributed by atoms with van der Waals surface area (Å²) in [5, 5.41) is 0. The number of thioether (sulfide) groups is 2. The van der Waals surface area contributed by atoms with E-state index in [4.69, 9.17) is 20.6 Å². The Morgan fingerprint density at radius 3 is 2.46 bits per heavy atom. The smallest absolute Gasteiger partial charge is 0.350 e. The summed E-state index contributed by atoms with van der Waals surface area (Å²) in [6, 6.07) is 6.84. The molecule has 3 rings (SSSR count). The van der Waals surface area contributed by atoms with E-state index >= 15 is 0 Å². The van der Waals surface area contributed by atoms with E-state index in [-0.39, 0.29) is 12.2 Å². The molecule has 1 aromatic carbocycles. The van der Waals surface area contributed by atoms with Crippen molar-refractivity contribution < 1.29 is 23.8 Å². The first kappa shape index (κ1) is 16.8. The number of rotatable bonds is 3. The third kappa shape index (κ3) is 3.12. The van der Waals surface area contributed by atoms with Crippen LogP contribution < -0.4 is 4.74 Å². The molecule has 2 fully saturated rings. The molecule has 0 aromatic heterocycles. The maximum atomic E-state index is 12.4. The molecule has 0 amide bonds. The molecule has 0 atom stereocenters. The minimum Gasteiger partial charge on any atom is -0.480 e. The largest absolute Gasteiger partial charge is 0.480 e. The number of benzene rings is 1. The van der Waals surface area contributed by atoms with Crippen molar-refractivity contribution in [3.8, 4) is 18.1 Å². The molecule has 2 aliphatic heterocycles. The highest BCUT2D eigenvalue weighted by Gasteiger charge is 2.47. The molecule has 5 nitrogen and oxygen atoms in total. The van der Waals surface area contributed by atoms with Gasteiger partial charge in [-0.3, -0.25) is 0 Å². The number of ether oxygens (including phenoxy) is 3. The van der Waals surface area contributed by atoms with Crippen molar-refractivity contribution in [1.82, 2.24) is 0 Å². The maximum absolute atomic E-state index is 12.4. The number of carbonyl (C=O) groups is 2. The molecule has 124 valence electrons. The van der Waals surface area contributed by atoms with Crippen LogP contribution in [0.3, 0.4) is 0 Å². The third-order valence-corrected chi connectivity index (χ3v) is 6.14. The molecule has 0 saturated carbocycles. The summed E-state index contributed by atoms with van der Waals surface area (Å²) in [6.45, 7) is 1.56. The molecule has 0 aliphatic carbocycles. The van der Waals surface area contributed by atoms with Crippen LogP contribution in [0.5, 0.6) is 5.75 Å². The Labute approximate surface area is 148 Å². The standard InChI is InChI=1S/C17H14O5S2/c1-3-8-20-12-7-5-4-6-11(12)17(2)21-14(18)13(15(19)22-17)16-23-9-10-24-16/h1,4-7H,8-10H2,2H3. The van der Waals surface area contributed by atoms with Gasteiger partial charge in [-0.05, 0) is 12.1 Å². The summed E-state index contributed by atoms with van der Waals surface area (Å²) < 4.78 is 17.1. The highest BCUT2D eigenvalue weighted by atomic mass is 32.2. The van der Waals surface area contributed by atoms with Crippen LogP contribution in [0.2, 0.25) is 0 Å². The first-order chi connectivity index (χ1) is 11.5. The van der Waals surface area contributed by atoms with Gasteiger partial charge in [0.1, 0.15) is 12.4 Å². The van der Waals surface area contributed by atoms with Crippen LogP contribution in [-0.2, 0) is 24.8 Å². The Bertz CT molecular complexity index is 734. The molecule has 2 aliphatic rings. The highest BCUT2D eigenvalue weighted by molar-refractivity contribution is 8.25. The summed E-state index contributed by atoms with van der Waals surface area (Å²) in [6.07, 6.45) is 5.21. The molecular formula is C17H14O5S2. The lowest BCUT2D eigenvalue weighted by atomic mass is 10.0. The Hall–Kier alpha value is -2.04. The quantitative estimate of drug-likeness (QED) is 0.354. The maximum Gasteiger partial charge on any atom is 0.350 e. The number of cyclic esters (lactones) is 2. The normalized spacial score (nSPS) is 23.5. The zero-order valence-corrected chi connectivity index (χ0v) is 14.5. The van der Waals surface area contributed by atoms with E-state index in [0.29, 0.717) is 15.6 Å². The van der Waals surface area contributed by atoms with Crippen LogP contribution in [0.25, 0.3) is 0 Å². The van der Waals surface area contributed by atoms with Gasteiger partial charge in [-0.15, -0.1) is 29.9 Å². The Morgan fingerprint density at radius 1 is 1.21 bits per heavy atom. The molecule has 1 aromatic rings. The average molecular weight is 362 g/mol. The van der Waals surface area contributed by atoms with Crippen molar-refractivity contribution in [3.05, 3.63) is 39.6 Å². The van der Waals surface area contributed by atoms with Crippen molar-refractivity contribution in [2.45, 2.75) is 12.7 Å². The number of para-hydroxylation sites is 1. The predicted octanol–water partition coefficient (Wildman–Crippen LogP) is 2.66. The van der Waals surface area contributed by atoms with Crippen LogP contribution in [0.15, 0.2) is 34.1 Å². The molecule has 0 spiro atoms. The Kier molecular flexibility index (Phi) is 4.78. The van der Waals surface area contributed by atoms with Gasteiger partial charge >= 0.3 is 11.9 Å². The molecule has 24 heavy (non-hydrogen) atoms. The topological polar surface area (TPSA) is 61.8 Å². The van der Waals surface area contributed by atoms with Gasteiger partial charge in [0.15, 0.2) is 5.57 Å².